The number of aryl methyl sites for hydroxylation is 1. The molecule has 110 valence electrons. The van der Waals surface area contributed by atoms with E-state index in [-0.39, 0.29) is 12.4 Å². The topological polar surface area (TPSA) is 36.5 Å². The van der Waals surface area contributed by atoms with Gasteiger partial charge in [0.25, 0.3) is 0 Å². The Hall–Kier alpha value is -0.663. The number of imidazole rings is 1. The molecule has 7 heteroatoms. The molecule has 0 aliphatic rings. The molecule has 0 atom stereocenters. The van der Waals surface area contributed by atoms with E-state index in [1.165, 1.54) is 0 Å². The molecular weight excluding hydrogens is 284 g/mol. The minimum Gasteiger partial charge on any atom is -1.00 e. The van der Waals surface area contributed by atoms with Crippen molar-refractivity contribution in [3.8, 4) is 0 Å². The lowest BCUT2D eigenvalue weighted by molar-refractivity contribution is -0.681. The van der Waals surface area contributed by atoms with E-state index in [2.05, 4.69) is 22.6 Å². The Bertz CT molecular complexity index is 386. The fourth-order valence-electron chi connectivity index (χ4n) is 2.05. The molecular formula is C12H23ClN2O3Si. The van der Waals surface area contributed by atoms with Crippen LogP contribution in [0.25, 0.3) is 0 Å². The van der Waals surface area contributed by atoms with E-state index in [1.54, 1.807) is 21.3 Å². The Labute approximate surface area is 122 Å². The van der Waals surface area contributed by atoms with Crippen LogP contribution < -0.4 is 22.4 Å². The third-order valence-electron chi connectivity index (χ3n) is 2.84. The predicted octanol–water partition coefficient (Wildman–Crippen LogP) is -2.54. The maximum absolute atomic E-state index is 5.57. The third kappa shape index (κ3) is 3.67. The minimum absolute atomic E-state index is 0. The first-order chi connectivity index (χ1) is 8.68. The molecule has 0 aliphatic heterocycles. The van der Waals surface area contributed by atoms with Crippen LogP contribution in [-0.2, 0) is 26.4 Å². The van der Waals surface area contributed by atoms with Crippen molar-refractivity contribution >= 4 is 14.3 Å². The highest BCUT2D eigenvalue weighted by atomic mass is 35.5. The van der Waals surface area contributed by atoms with Gasteiger partial charge in [0.15, 0.2) is 0 Å². The molecule has 0 spiro atoms. The average molecular weight is 307 g/mol. The Morgan fingerprint density at radius 2 is 1.89 bits per heavy atom. The molecule has 5 nitrogen and oxygen atoms in total. The summed E-state index contributed by atoms with van der Waals surface area (Å²) in [5.41, 5.74) is 0.955. The highest BCUT2D eigenvalue weighted by molar-refractivity contribution is 6.73. The molecule has 0 unspecified atom stereocenters. The van der Waals surface area contributed by atoms with Gasteiger partial charge in [0.1, 0.15) is 18.9 Å². The second-order valence-electron chi connectivity index (χ2n) is 3.92. The van der Waals surface area contributed by atoms with Crippen molar-refractivity contribution in [3.63, 3.8) is 0 Å². The smallest absolute Gasteiger partial charge is 0.626 e. The van der Waals surface area contributed by atoms with Gasteiger partial charge in [0, 0.05) is 21.3 Å². The lowest BCUT2D eigenvalue weighted by atomic mass is 10.5. The van der Waals surface area contributed by atoms with Crippen molar-refractivity contribution in [3.05, 3.63) is 25.0 Å². The Morgan fingerprint density at radius 3 is 2.32 bits per heavy atom. The first-order valence-electron chi connectivity index (χ1n) is 6.04. The molecule has 0 radical (unpaired) electrons. The Kier molecular flexibility index (Phi) is 8.20. The summed E-state index contributed by atoms with van der Waals surface area (Å²) in [7, 11) is 2.05. The fourth-order valence-corrected chi connectivity index (χ4v) is 4.15. The molecule has 0 N–H and O–H groups in total. The van der Waals surface area contributed by atoms with Crippen molar-refractivity contribution in [1.29, 1.82) is 0 Å². The van der Waals surface area contributed by atoms with Gasteiger partial charge in [-0.25, -0.2) is 9.13 Å². The predicted molar refractivity (Wildman–Crippen MR) is 71.5 cm³/mol. The molecule has 1 heterocycles. The van der Waals surface area contributed by atoms with Gasteiger partial charge in [-0.3, -0.25) is 0 Å². The van der Waals surface area contributed by atoms with Gasteiger partial charge < -0.3 is 25.7 Å². The molecule has 0 aromatic carbocycles. The molecule has 0 fully saturated rings. The maximum Gasteiger partial charge on any atom is 0.626 e. The lowest BCUT2D eigenvalue weighted by Crippen LogP contribution is -3.00. The first-order valence-corrected chi connectivity index (χ1v) is 7.76. The molecule has 0 amide bonds. The van der Waals surface area contributed by atoms with E-state index >= 15 is 0 Å². The lowest BCUT2D eigenvalue weighted by Gasteiger charge is -2.21. The van der Waals surface area contributed by atoms with Crippen molar-refractivity contribution in [2.45, 2.75) is 26.4 Å². The molecule has 19 heavy (non-hydrogen) atoms. The van der Waals surface area contributed by atoms with Crippen molar-refractivity contribution < 1.29 is 30.3 Å². The van der Waals surface area contributed by atoms with E-state index in [0.29, 0.717) is 6.54 Å². The van der Waals surface area contributed by atoms with Crippen LogP contribution in [0.1, 0.15) is 13.3 Å². The van der Waals surface area contributed by atoms with Crippen molar-refractivity contribution in [2.75, 3.05) is 21.3 Å². The summed E-state index contributed by atoms with van der Waals surface area (Å²) in [5, 5.41) is 0. The van der Waals surface area contributed by atoms with Gasteiger partial charge in [0.2, 0.25) is 0 Å². The number of hydrogen-bond donors (Lipinski definition) is 0. The molecule has 1 aromatic rings. The molecule has 0 aliphatic carbocycles. The van der Waals surface area contributed by atoms with Gasteiger partial charge in [-0.2, -0.15) is 0 Å². The van der Waals surface area contributed by atoms with E-state index < -0.39 is 8.80 Å². The van der Waals surface area contributed by atoms with Crippen LogP contribution in [0, 0.1) is 0 Å². The summed E-state index contributed by atoms with van der Waals surface area (Å²) >= 11 is 0. The Morgan fingerprint density at radius 1 is 1.32 bits per heavy atom. The number of aromatic nitrogens is 2. The fraction of sp³-hybridized carbons (Fsp3) is 0.583. The van der Waals surface area contributed by atoms with Gasteiger partial charge in [0.05, 0.1) is 6.54 Å². The number of nitrogens with zero attached hydrogens (tertiary/aromatic N) is 2. The normalized spacial score (nSPS) is 11.2. The van der Waals surface area contributed by atoms with E-state index in [0.717, 1.165) is 18.4 Å². The maximum atomic E-state index is 5.57. The molecule has 1 rings (SSSR count). The molecule has 1 aromatic heterocycles. The highest BCUT2D eigenvalue weighted by Gasteiger charge is 2.52. The standard InChI is InChI=1S/C12H23N2O3Si.ClH/c1-6-8-13-10-11-14(9-7-2)12(13)18(15-3,16-4)17-5;/h6,10-11H,1,7-9H2,2-5H3;1H/q+1;/p-1. The van der Waals surface area contributed by atoms with Gasteiger partial charge in [-0.05, 0) is 6.42 Å². The van der Waals surface area contributed by atoms with Crippen LogP contribution in [0.15, 0.2) is 25.0 Å². The van der Waals surface area contributed by atoms with Crippen LogP contribution >= 0.6 is 0 Å². The average Bonchev–Trinajstić information content (AvgIpc) is 2.78. The first kappa shape index (κ1) is 18.3. The third-order valence-corrected chi connectivity index (χ3v) is 5.58. The summed E-state index contributed by atoms with van der Waals surface area (Å²) in [5.74, 6) is 0. The molecule has 0 saturated heterocycles. The summed E-state index contributed by atoms with van der Waals surface area (Å²) in [6, 6.07) is 0. The summed E-state index contributed by atoms with van der Waals surface area (Å²) in [4.78, 5) is 0. The molecule has 0 saturated carbocycles. The number of rotatable bonds is 8. The van der Waals surface area contributed by atoms with E-state index in [4.69, 9.17) is 13.3 Å². The van der Waals surface area contributed by atoms with Crippen molar-refractivity contribution in [2.24, 2.45) is 0 Å². The minimum atomic E-state index is -2.83. The summed E-state index contributed by atoms with van der Waals surface area (Å²) in [6.07, 6.45) is 6.92. The van der Waals surface area contributed by atoms with Gasteiger partial charge in [-0.15, -0.1) is 0 Å². The van der Waals surface area contributed by atoms with Crippen LogP contribution in [0.4, 0.5) is 0 Å². The van der Waals surface area contributed by atoms with Gasteiger partial charge >= 0.3 is 14.3 Å². The van der Waals surface area contributed by atoms with Crippen LogP contribution in [0.5, 0.6) is 0 Å². The monoisotopic (exact) mass is 306 g/mol. The van der Waals surface area contributed by atoms with E-state index in [9.17, 15) is 0 Å². The second-order valence-corrected chi connectivity index (χ2v) is 6.71. The quantitative estimate of drug-likeness (QED) is 0.302. The second kappa shape index (κ2) is 8.50. The Balaban J connectivity index is 0.00000324. The zero-order valence-corrected chi connectivity index (χ0v) is 13.8. The highest BCUT2D eigenvalue weighted by Crippen LogP contribution is 2.05. The van der Waals surface area contributed by atoms with Crippen molar-refractivity contribution in [1.82, 2.24) is 4.57 Å². The van der Waals surface area contributed by atoms with E-state index in [1.807, 2.05) is 18.5 Å². The summed E-state index contributed by atoms with van der Waals surface area (Å²) in [6.45, 7) is 7.52. The summed E-state index contributed by atoms with van der Waals surface area (Å²) < 4.78 is 20.9. The van der Waals surface area contributed by atoms with Gasteiger partial charge in [-0.1, -0.05) is 19.6 Å². The molecule has 0 bridgehead atoms. The zero-order chi connectivity index (χ0) is 13.6. The van der Waals surface area contributed by atoms with Crippen LogP contribution in [0.2, 0.25) is 0 Å². The number of hydrogen-bond acceptors (Lipinski definition) is 3. The van der Waals surface area contributed by atoms with Crippen LogP contribution in [-0.4, -0.2) is 34.7 Å². The number of allylic oxidation sites excluding steroid dienone is 1. The van der Waals surface area contributed by atoms with Crippen LogP contribution in [0.3, 0.4) is 0 Å². The number of halogens is 1. The SMILES string of the molecule is C=CCn1cc[n+](CCC)c1[Si](OC)(OC)OC.[Cl-]. The largest absolute Gasteiger partial charge is 1.00 e. The zero-order valence-electron chi connectivity index (χ0n) is 12.1.